The van der Waals surface area contributed by atoms with E-state index in [1.54, 1.807) is 19.1 Å². The minimum atomic E-state index is -0.370. The van der Waals surface area contributed by atoms with E-state index in [1.807, 2.05) is 54.1 Å². The van der Waals surface area contributed by atoms with Crippen molar-refractivity contribution in [2.45, 2.75) is 57.3 Å². The van der Waals surface area contributed by atoms with Gasteiger partial charge in [-0.15, -0.1) is 11.8 Å². The Balaban J connectivity index is 1.70. The quantitative estimate of drug-likeness (QED) is 0.395. The highest BCUT2D eigenvalue weighted by Gasteiger charge is 2.41. The van der Waals surface area contributed by atoms with Crippen LogP contribution in [0.2, 0.25) is 0 Å². The van der Waals surface area contributed by atoms with E-state index in [4.69, 9.17) is 19.3 Å². The first kappa shape index (κ1) is 30.0. The lowest BCUT2D eigenvalue weighted by molar-refractivity contribution is -0.123. The van der Waals surface area contributed by atoms with E-state index in [0.29, 0.717) is 30.5 Å². The fraction of sp³-hybridized carbons (Fsp3) is 0.469. The molecule has 10 heteroatoms. The predicted molar refractivity (Wildman–Crippen MR) is 165 cm³/mol. The van der Waals surface area contributed by atoms with Gasteiger partial charge in [0.2, 0.25) is 11.8 Å². The zero-order chi connectivity index (χ0) is 30.0. The highest BCUT2D eigenvalue weighted by molar-refractivity contribution is 8.00. The van der Waals surface area contributed by atoms with Crippen LogP contribution in [-0.2, 0) is 19.7 Å². The monoisotopic (exact) mass is 592 g/mol. The average molecular weight is 593 g/mol. The SMILES string of the molecule is COc1ccc(OC)c(C2SCC(=O)N(CC(=O)NCC3CCCO3)c3c2c(C(C)(C)C)nn3-c2cccc(C)c2)c1. The minimum Gasteiger partial charge on any atom is -0.497 e. The van der Waals surface area contributed by atoms with Crippen molar-refractivity contribution in [3.63, 3.8) is 0 Å². The van der Waals surface area contributed by atoms with Gasteiger partial charge in [0.25, 0.3) is 0 Å². The van der Waals surface area contributed by atoms with Gasteiger partial charge in [-0.3, -0.25) is 14.5 Å². The average Bonchev–Trinajstić information content (AvgIpc) is 3.61. The van der Waals surface area contributed by atoms with Crippen molar-refractivity contribution in [2.24, 2.45) is 0 Å². The van der Waals surface area contributed by atoms with Gasteiger partial charge in [-0.05, 0) is 55.7 Å². The third-order valence-corrected chi connectivity index (χ3v) is 8.85. The molecule has 2 amide bonds. The topological polar surface area (TPSA) is 94.9 Å². The molecule has 1 fully saturated rings. The summed E-state index contributed by atoms with van der Waals surface area (Å²) in [6.45, 7) is 9.40. The molecule has 2 aliphatic rings. The molecule has 1 saturated heterocycles. The number of hydrogen-bond acceptors (Lipinski definition) is 7. The van der Waals surface area contributed by atoms with Crippen LogP contribution in [0.3, 0.4) is 0 Å². The molecule has 42 heavy (non-hydrogen) atoms. The predicted octanol–water partition coefficient (Wildman–Crippen LogP) is 4.96. The Morgan fingerprint density at radius 2 is 1.98 bits per heavy atom. The molecular formula is C32H40N4O5S. The summed E-state index contributed by atoms with van der Waals surface area (Å²) >= 11 is 1.51. The summed E-state index contributed by atoms with van der Waals surface area (Å²) in [7, 11) is 3.28. The van der Waals surface area contributed by atoms with Gasteiger partial charge < -0.3 is 19.5 Å². The zero-order valence-corrected chi connectivity index (χ0v) is 26.0. The Labute approximate surface area is 251 Å². The van der Waals surface area contributed by atoms with Crippen molar-refractivity contribution >= 4 is 29.4 Å². The molecule has 224 valence electrons. The highest BCUT2D eigenvalue weighted by Crippen LogP contribution is 2.51. The minimum absolute atomic E-state index is 0.00937. The van der Waals surface area contributed by atoms with E-state index in [9.17, 15) is 9.59 Å². The molecule has 0 bridgehead atoms. The van der Waals surface area contributed by atoms with Crippen LogP contribution in [0.4, 0.5) is 5.82 Å². The van der Waals surface area contributed by atoms with Crippen molar-refractivity contribution < 1.29 is 23.8 Å². The molecule has 2 atom stereocenters. The molecule has 0 spiro atoms. The molecular weight excluding hydrogens is 552 g/mol. The van der Waals surface area contributed by atoms with E-state index >= 15 is 0 Å². The first-order chi connectivity index (χ1) is 20.1. The molecule has 9 nitrogen and oxygen atoms in total. The number of amides is 2. The van der Waals surface area contributed by atoms with Crippen LogP contribution in [0, 0.1) is 6.92 Å². The molecule has 1 aromatic heterocycles. The van der Waals surface area contributed by atoms with Crippen LogP contribution < -0.4 is 19.7 Å². The largest absolute Gasteiger partial charge is 0.497 e. The summed E-state index contributed by atoms with van der Waals surface area (Å²) < 4.78 is 18.9. The first-order valence-corrected chi connectivity index (χ1v) is 15.4. The number of carbonyl (C=O) groups is 2. The lowest BCUT2D eigenvalue weighted by atomic mass is 9.87. The normalized spacial score (nSPS) is 18.9. The lowest BCUT2D eigenvalue weighted by Crippen LogP contribution is -2.44. The first-order valence-electron chi connectivity index (χ1n) is 14.3. The van der Waals surface area contributed by atoms with Gasteiger partial charge in [0.05, 0.1) is 42.7 Å². The third kappa shape index (κ3) is 6.15. The van der Waals surface area contributed by atoms with Gasteiger partial charge in [0.15, 0.2) is 0 Å². The highest BCUT2D eigenvalue weighted by atomic mass is 32.2. The van der Waals surface area contributed by atoms with Crippen molar-refractivity contribution in [1.82, 2.24) is 15.1 Å². The fourth-order valence-electron chi connectivity index (χ4n) is 5.54. The van der Waals surface area contributed by atoms with Gasteiger partial charge in [-0.25, -0.2) is 4.68 Å². The standard InChI is InChI=1S/C32H40N4O5S/c1-20-9-7-10-21(15-20)36-31-28(30(34-36)32(2,3)4)29(24-16-22(39-5)12-13-25(24)40-6)42-19-27(38)35(31)18-26(37)33-17-23-11-8-14-41-23/h7,9-10,12-13,15-16,23,29H,8,11,14,17-19H2,1-6H3,(H,33,37). The van der Waals surface area contributed by atoms with Crippen LogP contribution in [0.5, 0.6) is 11.5 Å². The maximum absolute atomic E-state index is 13.9. The molecule has 3 aromatic rings. The molecule has 0 saturated carbocycles. The second-order valence-electron chi connectivity index (χ2n) is 11.8. The number of aryl methyl sites for hydroxylation is 1. The number of methoxy groups -OCH3 is 2. The maximum atomic E-state index is 13.9. The molecule has 0 radical (unpaired) electrons. The van der Waals surface area contributed by atoms with Crippen LogP contribution in [0.1, 0.15) is 61.2 Å². The lowest BCUT2D eigenvalue weighted by Gasteiger charge is -2.25. The number of rotatable bonds is 8. The van der Waals surface area contributed by atoms with Gasteiger partial charge >= 0.3 is 0 Å². The van der Waals surface area contributed by atoms with Gasteiger partial charge in [-0.1, -0.05) is 32.9 Å². The number of nitrogens with zero attached hydrogens (tertiary/aromatic N) is 3. The number of fused-ring (bicyclic) bond motifs is 1. The fourth-order valence-corrected chi connectivity index (χ4v) is 6.75. The number of nitrogens with one attached hydrogen (secondary N) is 1. The number of carbonyl (C=O) groups excluding carboxylic acids is 2. The van der Waals surface area contributed by atoms with Crippen LogP contribution in [0.25, 0.3) is 5.69 Å². The van der Waals surface area contributed by atoms with Gasteiger partial charge in [0.1, 0.15) is 23.9 Å². The Bertz CT molecular complexity index is 1460. The van der Waals surface area contributed by atoms with E-state index in [1.165, 1.54) is 11.8 Å². The number of aromatic nitrogens is 2. The van der Waals surface area contributed by atoms with Crippen molar-refractivity contribution in [3.05, 3.63) is 64.8 Å². The Kier molecular flexibility index (Phi) is 8.84. The molecule has 3 heterocycles. The molecule has 2 aromatic carbocycles. The van der Waals surface area contributed by atoms with E-state index in [0.717, 1.165) is 40.9 Å². The number of ether oxygens (including phenoxy) is 3. The number of hydrogen-bond donors (Lipinski definition) is 1. The Morgan fingerprint density at radius 1 is 1.17 bits per heavy atom. The summed E-state index contributed by atoms with van der Waals surface area (Å²) in [6, 6.07) is 13.7. The Morgan fingerprint density at radius 3 is 2.64 bits per heavy atom. The van der Waals surface area contributed by atoms with Crippen molar-refractivity contribution in [1.29, 1.82) is 0 Å². The van der Waals surface area contributed by atoms with Crippen LogP contribution in [-0.4, -0.2) is 67.4 Å². The smallest absolute Gasteiger partial charge is 0.240 e. The number of anilines is 1. The summed E-state index contributed by atoms with van der Waals surface area (Å²) in [5.41, 5.74) is 4.14. The molecule has 0 aliphatic carbocycles. The Hall–Kier alpha value is -3.50. The molecule has 2 unspecified atom stereocenters. The summed E-state index contributed by atoms with van der Waals surface area (Å²) in [6.07, 6.45) is 1.92. The molecule has 5 rings (SSSR count). The molecule has 2 aliphatic heterocycles. The summed E-state index contributed by atoms with van der Waals surface area (Å²) in [4.78, 5) is 28.9. The van der Waals surface area contributed by atoms with E-state index < -0.39 is 0 Å². The maximum Gasteiger partial charge on any atom is 0.240 e. The van der Waals surface area contributed by atoms with Crippen molar-refractivity contribution in [2.75, 3.05) is 44.6 Å². The second-order valence-corrected chi connectivity index (χ2v) is 12.9. The zero-order valence-electron chi connectivity index (χ0n) is 25.2. The van der Waals surface area contributed by atoms with E-state index in [2.05, 4.69) is 26.1 Å². The van der Waals surface area contributed by atoms with Gasteiger partial charge in [-0.2, -0.15) is 5.10 Å². The van der Waals surface area contributed by atoms with Crippen molar-refractivity contribution in [3.8, 4) is 17.2 Å². The van der Waals surface area contributed by atoms with Crippen LogP contribution >= 0.6 is 11.8 Å². The summed E-state index contributed by atoms with van der Waals surface area (Å²) in [5, 5.41) is 7.87. The van der Waals surface area contributed by atoms with Gasteiger partial charge in [0, 0.05) is 29.7 Å². The number of thioether (sulfide) groups is 1. The van der Waals surface area contributed by atoms with Crippen LogP contribution in [0.15, 0.2) is 42.5 Å². The van der Waals surface area contributed by atoms with E-state index in [-0.39, 0.29) is 40.9 Å². The summed E-state index contributed by atoms with van der Waals surface area (Å²) in [5.74, 6) is 1.77. The third-order valence-electron chi connectivity index (χ3n) is 7.62. The number of benzene rings is 2. The second kappa shape index (κ2) is 12.4. The molecule has 1 N–H and O–H groups in total.